The van der Waals surface area contributed by atoms with Crippen molar-refractivity contribution in [2.45, 2.75) is 82.2 Å². The van der Waals surface area contributed by atoms with Gasteiger partial charge in [-0.1, -0.05) is 68.8 Å². The minimum Gasteiger partial charge on any atom is -0.479 e. The van der Waals surface area contributed by atoms with Crippen molar-refractivity contribution in [3.05, 3.63) is 65.7 Å². The van der Waals surface area contributed by atoms with Gasteiger partial charge in [0.1, 0.15) is 5.60 Å². The van der Waals surface area contributed by atoms with Crippen LogP contribution >= 0.6 is 0 Å². The van der Waals surface area contributed by atoms with E-state index < -0.39 is 49.7 Å². The van der Waals surface area contributed by atoms with Crippen LogP contribution in [0.3, 0.4) is 0 Å². The van der Waals surface area contributed by atoms with Gasteiger partial charge in [-0.2, -0.15) is 0 Å². The van der Waals surface area contributed by atoms with E-state index in [2.05, 4.69) is 0 Å². The number of amides is 1. The van der Waals surface area contributed by atoms with E-state index in [1.54, 1.807) is 77.9 Å². The molecule has 1 N–H and O–H groups in total. The number of aliphatic carboxylic acids is 1. The van der Waals surface area contributed by atoms with Crippen molar-refractivity contribution >= 4 is 21.9 Å². The molecule has 190 valence electrons. The fourth-order valence-corrected chi connectivity index (χ4v) is 6.91. The van der Waals surface area contributed by atoms with Crippen LogP contribution < -0.4 is 0 Å². The largest absolute Gasteiger partial charge is 0.479 e. The van der Waals surface area contributed by atoms with E-state index in [1.165, 1.54) is 17.0 Å². The molecule has 0 spiro atoms. The summed E-state index contributed by atoms with van der Waals surface area (Å²) in [6, 6.07) is 14.1. The van der Waals surface area contributed by atoms with Gasteiger partial charge in [0.2, 0.25) is 0 Å². The lowest BCUT2D eigenvalue weighted by molar-refractivity contribution is -0.158. The molecule has 7 nitrogen and oxygen atoms in total. The van der Waals surface area contributed by atoms with Crippen LogP contribution in [0, 0.1) is 12.3 Å². The van der Waals surface area contributed by atoms with Gasteiger partial charge in [0.15, 0.2) is 15.4 Å². The molecule has 3 unspecified atom stereocenters. The number of carboxylic acid groups (broad SMARTS) is 1. The third-order valence-corrected chi connectivity index (χ3v) is 8.73. The summed E-state index contributed by atoms with van der Waals surface area (Å²) in [5.41, 5.74) is -2.35. The van der Waals surface area contributed by atoms with E-state index in [-0.39, 0.29) is 11.3 Å². The molecule has 3 rings (SSSR count). The van der Waals surface area contributed by atoms with E-state index in [9.17, 15) is 23.1 Å². The van der Waals surface area contributed by atoms with Gasteiger partial charge in [0.25, 0.3) is 0 Å². The summed E-state index contributed by atoms with van der Waals surface area (Å²) >= 11 is 0. The Labute approximate surface area is 208 Å². The highest BCUT2D eigenvalue weighted by molar-refractivity contribution is 7.92. The van der Waals surface area contributed by atoms with E-state index in [0.717, 1.165) is 5.56 Å². The zero-order valence-corrected chi connectivity index (χ0v) is 22.2. The zero-order chi connectivity index (χ0) is 26.4. The predicted octanol–water partition coefficient (Wildman–Crippen LogP) is 5.39. The summed E-state index contributed by atoms with van der Waals surface area (Å²) in [5.74, 6) is -1.26. The van der Waals surface area contributed by atoms with Crippen LogP contribution in [0.5, 0.6) is 0 Å². The Morgan fingerprint density at radius 2 is 1.60 bits per heavy atom. The van der Waals surface area contributed by atoms with Crippen molar-refractivity contribution < 1.29 is 27.9 Å². The van der Waals surface area contributed by atoms with Gasteiger partial charge in [0.05, 0.1) is 16.2 Å². The Kier molecular flexibility index (Phi) is 6.85. The van der Waals surface area contributed by atoms with E-state index in [0.29, 0.717) is 5.56 Å². The van der Waals surface area contributed by atoms with Crippen molar-refractivity contribution in [2.75, 3.05) is 0 Å². The third-order valence-electron chi connectivity index (χ3n) is 6.58. The van der Waals surface area contributed by atoms with Crippen molar-refractivity contribution in [1.29, 1.82) is 0 Å². The van der Waals surface area contributed by atoms with Gasteiger partial charge in [-0.15, -0.1) is 0 Å². The fraction of sp³-hybridized carbons (Fsp3) is 0.481. The van der Waals surface area contributed by atoms with Crippen molar-refractivity contribution in [3.8, 4) is 0 Å². The minimum atomic E-state index is -4.04. The number of benzene rings is 2. The monoisotopic (exact) mass is 501 g/mol. The Balaban J connectivity index is 2.37. The maximum absolute atomic E-state index is 14.0. The molecule has 2 aromatic carbocycles. The summed E-state index contributed by atoms with van der Waals surface area (Å²) < 4.78 is 33.7. The first-order valence-corrected chi connectivity index (χ1v) is 13.2. The Hall–Kier alpha value is -2.87. The number of ether oxygens (including phenoxy) is 1. The highest BCUT2D eigenvalue weighted by atomic mass is 32.2. The molecule has 0 saturated carbocycles. The second kappa shape index (κ2) is 8.97. The SMILES string of the molecule is Cc1cccc(C2C(S(=O)(=O)c3ccccc3)CC(C(=O)O)(C(C)(C)C)N2C(=O)OC(C)(C)C)c1. The topological polar surface area (TPSA) is 101 Å². The van der Waals surface area contributed by atoms with Gasteiger partial charge in [-0.05, 0) is 50.8 Å². The quantitative estimate of drug-likeness (QED) is 0.603. The lowest BCUT2D eigenvalue weighted by Crippen LogP contribution is -2.61. The maximum atomic E-state index is 14.0. The average molecular weight is 502 g/mol. The summed E-state index contributed by atoms with van der Waals surface area (Å²) in [7, 11) is -4.04. The summed E-state index contributed by atoms with van der Waals surface area (Å²) in [6.45, 7) is 12.1. The normalized spacial score (nSPS) is 23.2. The van der Waals surface area contributed by atoms with Crippen LogP contribution in [0.4, 0.5) is 4.79 Å². The number of hydrogen-bond acceptors (Lipinski definition) is 5. The smallest absolute Gasteiger partial charge is 0.411 e. The molecule has 0 bridgehead atoms. The fourth-order valence-electron chi connectivity index (χ4n) is 4.95. The van der Waals surface area contributed by atoms with E-state index >= 15 is 0 Å². The second-order valence-electron chi connectivity index (χ2n) is 11.2. The lowest BCUT2D eigenvalue weighted by Gasteiger charge is -2.46. The molecule has 1 aliphatic heterocycles. The average Bonchev–Trinajstić information content (AvgIpc) is 3.12. The molecule has 35 heavy (non-hydrogen) atoms. The molecule has 2 aromatic rings. The summed E-state index contributed by atoms with van der Waals surface area (Å²) in [6.07, 6.45) is -1.13. The van der Waals surface area contributed by atoms with Crippen molar-refractivity contribution in [1.82, 2.24) is 4.90 Å². The number of rotatable bonds is 4. The van der Waals surface area contributed by atoms with Crippen molar-refractivity contribution in [3.63, 3.8) is 0 Å². The Morgan fingerprint density at radius 1 is 1.00 bits per heavy atom. The van der Waals surface area contributed by atoms with Gasteiger partial charge in [0, 0.05) is 6.42 Å². The molecular formula is C27H35NO6S. The third kappa shape index (κ3) is 4.81. The number of carbonyl (C=O) groups is 2. The molecule has 1 amide bonds. The molecule has 8 heteroatoms. The van der Waals surface area contributed by atoms with Crippen LogP contribution in [-0.2, 0) is 19.4 Å². The summed E-state index contributed by atoms with van der Waals surface area (Å²) in [5, 5.41) is 9.45. The molecule has 0 radical (unpaired) electrons. The molecule has 1 aliphatic rings. The number of hydrogen-bond donors (Lipinski definition) is 1. The van der Waals surface area contributed by atoms with Crippen LogP contribution in [0.25, 0.3) is 0 Å². The van der Waals surface area contributed by atoms with Gasteiger partial charge in [-0.25, -0.2) is 18.0 Å². The Bertz CT molecular complexity index is 1210. The molecule has 3 atom stereocenters. The molecule has 1 heterocycles. The highest BCUT2D eigenvalue weighted by Gasteiger charge is 2.67. The van der Waals surface area contributed by atoms with Crippen LogP contribution in [0.15, 0.2) is 59.5 Å². The van der Waals surface area contributed by atoms with Gasteiger partial charge >= 0.3 is 12.1 Å². The van der Waals surface area contributed by atoms with Crippen LogP contribution in [-0.4, -0.2) is 46.9 Å². The number of carbonyl (C=O) groups excluding carboxylic acids is 1. The Morgan fingerprint density at radius 3 is 2.09 bits per heavy atom. The first kappa shape index (κ1) is 26.7. The first-order chi connectivity index (χ1) is 16.0. The maximum Gasteiger partial charge on any atom is 0.411 e. The van der Waals surface area contributed by atoms with Gasteiger partial charge in [-0.3, -0.25) is 4.90 Å². The standard InChI is InChI=1S/C27H35NO6S/c1-18-12-11-13-19(16-18)22-21(35(32,33)20-14-9-8-10-15-20)17-27(23(29)30,25(2,3)4)28(22)24(31)34-26(5,6)7/h8-16,21-22H,17H2,1-7H3,(H,29,30). The number of aryl methyl sites for hydroxylation is 1. The minimum absolute atomic E-state index is 0.0851. The van der Waals surface area contributed by atoms with Crippen molar-refractivity contribution in [2.24, 2.45) is 5.41 Å². The van der Waals surface area contributed by atoms with Crippen LogP contribution in [0.2, 0.25) is 0 Å². The lowest BCUT2D eigenvalue weighted by atomic mass is 9.71. The molecule has 1 saturated heterocycles. The molecule has 1 fully saturated rings. The van der Waals surface area contributed by atoms with Crippen LogP contribution in [0.1, 0.15) is 65.1 Å². The second-order valence-corrected chi connectivity index (χ2v) is 13.4. The van der Waals surface area contributed by atoms with E-state index in [4.69, 9.17) is 4.74 Å². The number of carboxylic acids is 1. The van der Waals surface area contributed by atoms with Gasteiger partial charge < -0.3 is 9.84 Å². The van der Waals surface area contributed by atoms with E-state index in [1.807, 2.05) is 13.0 Å². The summed E-state index contributed by atoms with van der Waals surface area (Å²) in [4.78, 5) is 28.1. The number of sulfone groups is 1. The highest BCUT2D eigenvalue weighted by Crippen LogP contribution is 2.55. The zero-order valence-electron chi connectivity index (χ0n) is 21.4. The predicted molar refractivity (Wildman–Crippen MR) is 134 cm³/mol. The molecule has 0 aromatic heterocycles. The molecular weight excluding hydrogens is 466 g/mol. The number of likely N-dealkylation sites (tertiary alicyclic amines) is 1. The number of nitrogens with zero attached hydrogens (tertiary/aromatic N) is 1. The first-order valence-electron chi connectivity index (χ1n) is 11.6. The molecule has 0 aliphatic carbocycles.